The number of carboxylic acid groups (broad SMARTS) is 1. The standard InChI is InChI=1S/C27H42O2/c1-3-5-6-7-8-9-10-11-12-13-14-15-16-17-18-19-20-21-22-23-24-26(4-2)25-27(28)29/h3-4,17-24H,1,5-16,25H2,2H3,(H,28,29)/b18-17+,20-19+,22-21+,24-23+,26-4-. The highest BCUT2D eigenvalue weighted by molar-refractivity contribution is 5.70. The smallest absolute Gasteiger partial charge is 0.307 e. The number of carboxylic acids is 1. The van der Waals surface area contributed by atoms with Crippen LogP contribution in [0.5, 0.6) is 0 Å². The summed E-state index contributed by atoms with van der Waals surface area (Å²) in [5.74, 6) is -0.803. The van der Waals surface area contributed by atoms with Gasteiger partial charge in [0.1, 0.15) is 0 Å². The van der Waals surface area contributed by atoms with Crippen LogP contribution in [-0.2, 0) is 4.79 Å². The van der Waals surface area contributed by atoms with Crippen LogP contribution in [0.2, 0.25) is 0 Å². The molecular formula is C27H42O2. The van der Waals surface area contributed by atoms with E-state index >= 15 is 0 Å². The predicted molar refractivity (Wildman–Crippen MR) is 128 cm³/mol. The van der Waals surface area contributed by atoms with Crippen LogP contribution in [0.25, 0.3) is 0 Å². The maximum absolute atomic E-state index is 10.7. The molecule has 0 aromatic carbocycles. The fourth-order valence-corrected chi connectivity index (χ4v) is 3.01. The minimum atomic E-state index is -0.803. The van der Waals surface area contributed by atoms with Crippen molar-refractivity contribution >= 4 is 5.97 Å². The van der Waals surface area contributed by atoms with Gasteiger partial charge in [-0.25, -0.2) is 0 Å². The molecule has 0 atom stereocenters. The van der Waals surface area contributed by atoms with Crippen LogP contribution in [0, 0.1) is 0 Å². The highest BCUT2D eigenvalue weighted by Gasteiger charge is 1.97. The summed E-state index contributed by atoms with van der Waals surface area (Å²) in [6.07, 6.45) is 35.8. The summed E-state index contributed by atoms with van der Waals surface area (Å²) in [6.45, 7) is 5.62. The monoisotopic (exact) mass is 398 g/mol. The Morgan fingerprint density at radius 2 is 1.21 bits per heavy atom. The molecule has 0 spiro atoms. The maximum atomic E-state index is 10.7. The second-order valence-corrected chi connectivity index (χ2v) is 7.39. The molecule has 0 heterocycles. The van der Waals surface area contributed by atoms with Crippen molar-refractivity contribution in [3.05, 3.63) is 72.9 Å². The van der Waals surface area contributed by atoms with E-state index in [9.17, 15) is 4.79 Å². The third-order valence-corrected chi connectivity index (χ3v) is 4.76. The van der Waals surface area contributed by atoms with E-state index in [-0.39, 0.29) is 6.42 Å². The number of hydrogen-bond acceptors (Lipinski definition) is 1. The average Bonchev–Trinajstić information content (AvgIpc) is 2.71. The van der Waals surface area contributed by atoms with Crippen molar-refractivity contribution in [3.63, 3.8) is 0 Å². The Morgan fingerprint density at radius 3 is 1.72 bits per heavy atom. The lowest BCUT2D eigenvalue weighted by Gasteiger charge is -2.01. The largest absolute Gasteiger partial charge is 0.481 e. The lowest BCUT2D eigenvalue weighted by atomic mass is 10.1. The second-order valence-electron chi connectivity index (χ2n) is 7.39. The van der Waals surface area contributed by atoms with Gasteiger partial charge in [0.2, 0.25) is 0 Å². The Bertz CT molecular complexity index is 547. The topological polar surface area (TPSA) is 37.3 Å². The molecule has 0 saturated heterocycles. The SMILES string of the molecule is C=CCCCCCCCCCCCC/C=C/C=C/C=C/C=C/C(=C/C)CC(=O)O. The summed E-state index contributed by atoms with van der Waals surface area (Å²) in [7, 11) is 0. The first-order valence-corrected chi connectivity index (χ1v) is 11.3. The van der Waals surface area contributed by atoms with Crippen LogP contribution >= 0.6 is 0 Å². The van der Waals surface area contributed by atoms with Crippen LogP contribution in [0.3, 0.4) is 0 Å². The molecule has 29 heavy (non-hydrogen) atoms. The Balaban J connectivity index is 3.53. The highest BCUT2D eigenvalue weighted by atomic mass is 16.4. The molecule has 0 aromatic heterocycles. The van der Waals surface area contributed by atoms with Gasteiger partial charge in [-0.15, -0.1) is 6.58 Å². The van der Waals surface area contributed by atoms with Crippen molar-refractivity contribution in [2.75, 3.05) is 0 Å². The van der Waals surface area contributed by atoms with E-state index in [4.69, 9.17) is 5.11 Å². The van der Waals surface area contributed by atoms with Gasteiger partial charge in [0.15, 0.2) is 0 Å². The van der Waals surface area contributed by atoms with E-state index < -0.39 is 5.97 Å². The molecule has 1 N–H and O–H groups in total. The summed E-state index contributed by atoms with van der Waals surface area (Å²) in [5, 5.41) is 8.77. The van der Waals surface area contributed by atoms with Crippen molar-refractivity contribution in [1.82, 2.24) is 0 Å². The summed E-state index contributed by atoms with van der Waals surface area (Å²) < 4.78 is 0. The Kier molecular flexibility index (Phi) is 20.6. The minimum Gasteiger partial charge on any atom is -0.481 e. The van der Waals surface area contributed by atoms with E-state index in [0.717, 1.165) is 12.0 Å². The highest BCUT2D eigenvalue weighted by Crippen LogP contribution is 2.12. The molecule has 162 valence electrons. The Labute approximate surface area is 179 Å². The molecule has 0 fully saturated rings. The molecule has 0 bridgehead atoms. The second kappa shape index (κ2) is 22.2. The summed E-state index contributed by atoms with van der Waals surface area (Å²) in [6, 6.07) is 0. The first-order chi connectivity index (χ1) is 14.2. The molecule has 0 unspecified atom stereocenters. The number of hydrogen-bond donors (Lipinski definition) is 1. The number of rotatable bonds is 19. The molecule has 0 radical (unpaired) electrons. The van der Waals surface area contributed by atoms with E-state index in [1.165, 1.54) is 70.6 Å². The van der Waals surface area contributed by atoms with Crippen molar-refractivity contribution in [2.45, 2.75) is 90.4 Å². The normalized spacial score (nSPS) is 12.8. The van der Waals surface area contributed by atoms with Gasteiger partial charge < -0.3 is 5.11 Å². The molecule has 2 nitrogen and oxygen atoms in total. The molecule has 0 saturated carbocycles. The number of carbonyl (C=O) groups is 1. The third-order valence-electron chi connectivity index (χ3n) is 4.76. The van der Waals surface area contributed by atoms with Crippen molar-refractivity contribution in [1.29, 1.82) is 0 Å². The van der Waals surface area contributed by atoms with Gasteiger partial charge in [0, 0.05) is 0 Å². The summed E-state index contributed by atoms with van der Waals surface area (Å²) in [4.78, 5) is 10.7. The zero-order valence-corrected chi connectivity index (χ0v) is 18.5. The Hall–Kier alpha value is -2.09. The van der Waals surface area contributed by atoms with Crippen LogP contribution in [-0.4, -0.2) is 11.1 Å². The fourth-order valence-electron chi connectivity index (χ4n) is 3.01. The first-order valence-electron chi connectivity index (χ1n) is 11.3. The lowest BCUT2D eigenvalue weighted by Crippen LogP contribution is -1.94. The molecule has 0 aliphatic rings. The number of unbranched alkanes of at least 4 members (excludes halogenated alkanes) is 11. The van der Waals surface area contributed by atoms with Crippen molar-refractivity contribution in [2.24, 2.45) is 0 Å². The van der Waals surface area contributed by atoms with Gasteiger partial charge in [0.05, 0.1) is 6.42 Å². The maximum Gasteiger partial charge on any atom is 0.307 e. The lowest BCUT2D eigenvalue weighted by molar-refractivity contribution is -0.136. The molecule has 2 heteroatoms. The first kappa shape index (κ1) is 26.9. The zero-order chi connectivity index (χ0) is 21.4. The molecule has 0 aliphatic heterocycles. The quantitative estimate of drug-likeness (QED) is 0.134. The molecule has 0 aromatic rings. The van der Waals surface area contributed by atoms with Crippen LogP contribution in [0.15, 0.2) is 72.9 Å². The van der Waals surface area contributed by atoms with Crippen molar-refractivity contribution in [3.8, 4) is 0 Å². The van der Waals surface area contributed by atoms with E-state index in [1.807, 2.05) is 55.5 Å². The van der Waals surface area contributed by atoms with Gasteiger partial charge in [-0.3, -0.25) is 4.79 Å². The molecular weight excluding hydrogens is 356 g/mol. The van der Waals surface area contributed by atoms with Gasteiger partial charge in [0.25, 0.3) is 0 Å². The van der Waals surface area contributed by atoms with E-state index in [0.29, 0.717) is 0 Å². The summed E-state index contributed by atoms with van der Waals surface area (Å²) in [5.41, 5.74) is 0.810. The zero-order valence-electron chi connectivity index (χ0n) is 18.5. The summed E-state index contributed by atoms with van der Waals surface area (Å²) >= 11 is 0. The number of aliphatic carboxylic acids is 1. The molecule has 0 aliphatic carbocycles. The molecule has 0 amide bonds. The van der Waals surface area contributed by atoms with Gasteiger partial charge in [-0.05, 0) is 38.2 Å². The van der Waals surface area contributed by atoms with E-state index in [2.05, 4.69) is 18.7 Å². The predicted octanol–water partition coefficient (Wildman–Crippen LogP) is 8.50. The van der Waals surface area contributed by atoms with Crippen molar-refractivity contribution < 1.29 is 9.90 Å². The van der Waals surface area contributed by atoms with Crippen LogP contribution in [0.1, 0.15) is 90.4 Å². The fraction of sp³-hybridized carbons (Fsp3) is 0.519. The van der Waals surface area contributed by atoms with Gasteiger partial charge in [-0.1, -0.05) is 112 Å². The Morgan fingerprint density at radius 1 is 0.724 bits per heavy atom. The average molecular weight is 399 g/mol. The van der Waals surface area contributed by atoms with Crippen LogP contribution < -0.4 is 0 Å². The third kappa shape index (κ3) is 22.1. The van der Waals surface area contributed by atoms with Crippen LogP contribution in [0.4, 0.5) is 0 Å². The van der Waals surface area contributed by atoms with Gasteiger partial charge in [-0.2, -0.15) is 0 Å². The minimum absolute atomic E-state index is 0.0653. The number of allylic oxidation sites excluding steroid dienone is 10. The van der Waals surface area contributed by atoms with Gasteiger partial charge >= 0.3 is 5.97 Å². The van der Waals surface area contributed by atoms with E-state index in [1.54, 1.807) is 0 Å². The molecule has 0 rings (SSSR count).